The highest BCUT2D eigenvalue weighted by Gasteiger charge is 2.15. The van der Waals surface area contributed by atoms with Crippen LogP contribution in [0.25, 0.3) is 0 Å². The lowest BCUT2D eigenvalue weighted by molar-refractivity contribution is 0.0392. The van der Waals surface area contributed by atoms with Crippen molar-refractivity contribution in [2.24, 2.45) is 0 Å². The quantitative estimate of drug-likeness (QED) is 0.469. The SMILES string of the molecule is CCP1OCO1. The molecular weight excluding hydrogens is 99.0 g/mol. The van der Waals surface area contributed by atoms with Crippen LogP contribution in [0.3, 0.4) is 0 Å². The maximum atomic E-state index is 4.92. The van der Waals surface area contributed by atoms with Crippen LogP contribution in [0.1, 0.15) is 6.92 Å². The van der Waals surface area contributed by atoms with Gasteiger partial charge in [-0.1, -0.05) is 6.92 Å². The van der Waals surface area contributed by atoms with Crippen LogP contribution in [0, 0.1) is 0 Å². The molecule has 1 fully saturated rings. The van der Waals surface area contributed by atoms with Crippen molar-refractivity contribution in [3.63, 3.8) is 0 Å². The normalized spacial score (nSPS) is 23.5. The van der Waals surface area contributed by atoms with Crippen molar-refractivity contribution in [3.8, 4) is 0 Å². The summed E-state index contributed by atoms with van der Waals surface area (Å²) in [6.07, 6.45) is 1.04. The molecule has 0 N–H and O–H groups in total. The van der Waals surface area contributed by atoms with E-state index < -0.39 is 8.38 Å². The van der Waals surface area contributed by atoms with Gasteiger partial charge >= 0.3 is 0 Å². The number of hydrogen-bond donors (Lipinski definition) is 0. The van der Waals surface area contributed by atoms with Gasteiger partial charge in [-0.05, 0) is 0 Å². The Labute approximate surface area is 38.4 Å². The monoisotopic (exact) mass is 106 g/mol. The minimum Gasteiger partial charge on any atom is -0.306 e. The third-order valence-corrected chi connectivity index (χ3v) is 1.95. The molecule has 2 nitrogen and oxygen atoms in total. The van der Waals surface area contributed by atoms with E-state index in [9.17, 15) is 0 Å². The van der Waals surface area contributed by atoms with E-state index in [0.717, 1.165) is 6.16 Å². The van der Waals surface area contributed by atoms with E-state index in [-0.39, 0.29) is 0 Å². The first kappa shape index (κ1) is 4.51. The summed E-state index contributed by atoms with van der Waals surface area (Å²) < 4.78 is 9.84. The fourth-order valence-electron chi connectivity index (χ4n) is 0.310. The lowest BCUT2D eigenvalue weighted by Gasteiger charge is -2.23. The fraction of sp³-hybridized carbons (Fsp3) is 1.00. The first-order valence-corrected chi connectivity index (χ1v) is 3.33. The molecule has 0 unspecified atom stereocenters. The minimum absolute atomic E-state index is 0.396. The molecule has 0 spiro atoms. The Balaban J connectivity index is 2.01. The fourth-order valence-corrected chi connectivity index (χ4v) is 0.929. The Bertz CT molecular complexity index is 41.3. The molecule has 0 bridgehead atoms. The molecule has 1 aliphatic rings. The molecule has 1 aliphatic heterocycles. The van der Waals surface area contributed by atoms with E-state index in [2.05, 4.69) is 6.92 Å². The van der Waals surface area contributed by atoms with E-state index >= 15 is 0 Å². The third-order valence-electron chi connectivity index (χ3n) is 0.652. The van der Waals surface area contributed by atoms with Gasteiger partial charge in [-0.3, -0.25) is 0 Å². The lowest BCUT2D eigenvalue weighted by Crippen LogP contribution is -2.06. The van der Waals surface area contributed by atoms with E-state index in [0.29, 0.717) is 6.79 Å². The van der Waals surface area contributed by atoms with Gasteiger partial charge in [0, 0.05) is 6.16 Å². The molecular formula is C3H7O2P. The summed E-state index contributed by atoms with van der Waals surface area (Å²) in [5.74, 6) is 0. The predicted octanol–water partition coefficient (Wildman–Crippen LogP) is 1.32. The molecule has 0 aliphatic carbocycles. The molecule has 0 radical (unpaired) electrons. The highest BCUT2D eigenvalue weighted by Crippen LogP contribution is 2.45. The van der Waals surface area contributed by atoms with Crippen LogP contribution in [-0.2, 0) is 9.05 Å². The van der Waals surface area contributed by atoms with E-state index in [4.69, 9.17) is 9.05 Å². The molecule has 0 amide bonds. The van der Waals surface area contributed by atoms with Crippen LogP contribution in [0.2, 0.25) is 0 Å². The van der Waals surface area contributed by atoms with Crippen LogP contribution >= 0.6 is 8.38 Å². The van der Waals surface area contributed by atoms with E-state index in [1.165, 1.54) is 0 Å². The molecule has 36 valence electrons. The van der Waals surface area contributed by atoms with Crippen molar-refractivity contribution < 1.29 is 9.05 Å². The molecule has 1 heterocycles. The lowest BCUT2D eigenvalue weighted by atomic mass is 11.0. The molecule has 0 atom stereocenters. The molecule has 1 rings (SSSR count). The number of hydrogen-bond acceptors (Lipinski definition) is 2. The topological polar surface area (TPSA) is 18.5 Å². The van der Waals surface area contributed by atoms with Gasteiger partial charge < -0.3 is 9.05 Å². The highest BCUT2D eigenvalue weighted by atomic mass is 31.2. The average Bonchev–Trinajstić information content (AvgIpc) is 1.31. The smallest absolute Gasteiger partial charge is 0.174 e. The largest absolute Gasteiger partial charge is 0.306 e. The van der Waals surface area contributed by atoms with E-state index in [1.54, 1.807) is 0 Å². The van der Waals surface area contributed by atoms with Crippen molar-refractivity contribution in [2.45, 2.75) is 6.92 Å². The molecule has 0 aromatic carbocycles. The first-order valence-electron chi connectivity index (χ1n) is 1.97. The minimum atomic E-state index is -0.396. The van der Waals surface area contributed by atoms with Gasteiger partial charge in [0.2, 0.25) is 0 Å². The Hall–Kier alpha value is 0.350. The van der Waals surface area contributed by atoms with Crippen LogP contribution in [0.4, 0.5) is 0 Å². The molecule has 1 saturated heterocycles. The predicted molar refractivity (Wildman–Crippen MR) is 24.5 cm³/mol. The average molecular weight is 106 g/mol. The maximum absolute atomic E-state index is 4.92. The Kier molecular flexibility index (Phi) is 1.41. The Morgan fingerprint density at radius 3 is 2.33 bits per heavy atom. The van der Waals surface area contributed by atoms with Crippen LogP contribution in [0.5, 0.6) is 0 Å². The third kappa shape index (κ3) is 0.700. The van der Waals surface area contributed by atoms with Gasteiger partial charge in [0.25, 0.3) is 0 Å². The van der Waals surface area contributed by atoms with Crippen molar-refractivity contribution in [1.29, 1.82) is 0 Å². The zero-order valence-corrected chi connectivity index (χ0v) is 4.57. The zero-order chi connectivity index (χ0) is 4.41. The summed E-state index contributed by atoms with van der Waals surface area (Å²) in [4.78, 5) is 0. The van der Waals surface area contributed by atoms with Crippen LogP contribution in [-0.4, -0.2) is 13.0 Å². The van der Waals surface area contributed by atoms with Crippen molar-refractivity contribution in [1.82, 2.24) is 0 Å². The van der Waals surface area contributed by atoms with Crippen LogP contribution < -0.4 is 0 Å². The van der Waals surface area contributed by atoms with Gasteiger partial charge in [0.1, 0.15) is 0 Å². The summed E-state index contributed by atoms with van der Waals surface area (Å²) in [7, 11) is -0.396. The van der Waals surface area contributed by atoms with Gasteiger partial charge in [-0.2, -0.15) is 0 Å². The van der Waals surface area contributed by atoms with Gasteiger partial charge in [0.15, 0.2) is 15.2 Å². The summed E-state index contributed by atoms with van der Waals surface area (Å²) >= 11 is 0. The van der Waals surface area contributed by atoms with E-state index in [1.807, 2.05) is 0 Å². The second-order valence-electron chi connectivity index (χ2n) is 1.03. The summed E-state index contributed by atoms with van der Waals surface area (Å²) in [5.41, 5.74) is 0. The summed E-state index contributed by atoms with van der Waals surface area (Å²) in [6, 6.07) is 0. The first-order chi connectivity index (χ1) is 2.93. The highest BCUT2D eigenvalue weighted by molar-refractivity contribution is 7.48. The standard InChI is InChI=1S/C3H7O2P/c1-2-6-4-3-5-6/h2-3H2,1H3. The molecule has 0 saturated carbocycles. The van der Waals surface area contributed by atoms with Gasteiger partial charge in [-0.15, -0.1) is 0 Å². The molecule has 3 heteroatoms. The molecule has 0 aromatic rings. The second-order valence-corrected chi connectivity index (χ2v) is 2.84. The van der Waals surface area contributed by atoms with Crippen molar-refractivity contribution in [2.75, 3.05) is 13.0 Å². The summed E-state index contributed by atoms with van der Waals surface area (Å²) in [6.45, 7) is 2.59. The van der Waals surface area contributed by atoms with Gasteiger partial charge in [-0.25, -0.2) is 0 Å². The number of rotatable bonds is 1. The molecule has 0 aromatic heterocycles. The van der Waals surface area contributed by atoms with Crippen molar-refractivity contribution >= 4 is 8.38 Å². The zero-order valence-electron chi connectivity index (χ0n) is 3.68. The van der Waals surface area contributed by atoms with Crippen molar-refractivity contribution in [3.05, 3.63) is 0 Å². The Morgan fingerprint density at radius 2 is 2.33 bits per heavy atom. The van der Waals surface area contributed by atoms with Crippen LogP contribution in [0.15, 0.2) is 0 Å². The second kappa shape index (κ2) is 1.87. The maximum Gasteiger partial charge on any atom is 0.174 e. The Morgan fingerprint density at radius 1 is 1.67 bits per heavy atom. The summed E-state index contributed by atoms with van der Waals surface area (Å²) in [5, 5.41) is 0. The van der Waals surface area contributed by atoms with Gasteiger partial charge in [0.05, 0.1) is 0 Å². The molecule has 6 heavy (non-hydrogen) atoms.